The average Bonchev–Trinajstić information content (AvgIpc) is 2.84. The fourth-order valence-corrected chi connectivity index (χ4v) is 4.97. The van der Waals surface area contributed by atoms with Crippen molar-refractivity contribution in [2.75, 3.05) is 23.7 Å². The molecule has 0 saturated carbocycles. The van der Waals surface area contributed by atoms with E-state index in [1.54, 1.807) is 19.1 Å². The van der Waals surface area contributed by atoms with Gasteiger partial charge in [-0.3, -0.25) is 13.9 Å². The van der Waals surface area contributed by atoms with Gasteiger partial charge in [-0.05, 0) is 42.0 Å². The fraction of sp³-hybridized carbons (Fsp3) is 0.333. The monoisotopic (exact) mass is 573 g/mol. The number of anilines is 1. The highest BCUT2D eigenvalue weighted by Crippen LogP contribution is 2.28. The summed E-state index contributed by atoms with van der Waals surface area (Å²) in [7, 11) is -3.80. The zero-order chi connectivity index (χ0) is 26.5. The van der Waals surface area contributed by atoms with Crippen LogP contribution in [0.3, 0.4) is 0 Å². The lowest BCUT2D eigenvalue weighted by atomic mass is 10.1. The second-order valence-electron chi connectivity index (χ2n) is 9.23. The fourth-order valence-electron chi connectivity index (χ4n) is 3.84. The van der Waals surface area contributed by atoms with Gasteiger partial charge in [0.2, 0.25) is 21.8 Å². The molecule has 36 heavy (non-hydrogen) atoms. The third-order valence-electron chi connectivity index (χ3n) is 5.83. The maximum Gasteiger partial charge on any atom is 0.244 e. The Balaban J connectivity index is 1.96. The van der Waals surface area contributed by atoms with Gasteiger partial charge >= 0.3 is 0 Å². The van der Waals surface area contributed by atoms with Crippen molar-refractivity contribution in [3.05, 3.63) is 76.8 Å². The smallest absolute Gasteiger partial charge is 0.244 e. The van der Waals surface area contributed by atoms with Crippen molar-refractivity contribution < 1.29 is 18.0 Å². The number of rotatable bonds is 10. The largest absolute Gasteiger partial charge is 0.354 e. The Labute approximate surface area is 221 Å². The van der Waals surface area contributed by atoms with Gasteiger partial charge < -0.3 is 10.2 Å². The van der Waals surface area contributed by atoms with Crippen molar-refractivity contribution in [2.24, 2.45) is 5.92 Å². The van der Waals surface area contributed by atoms with Crippen molar-refractivity contribution in [3.8, 4) is 0 Å². The zero-order valence-electron chi connectivity index (χ0n) is 20.9. The molecule has 0 aromatic heterocycles. The highest BCUT2D eigenvalue weighted by Gasteiger charge is 2.30. The molecule has 3 aromatic carbocycles. The molecule has 0 spiro atoms. The molecule has 0 radical (unpaired) electrons. The van der Waals surface area contributed by atoms with Crippen LogP contribution in [0.15, 0.2) is 71.2 Å². The van der Waals surface area contributed by atoms with E-state index in [0.717, 1.165) is 31.4 Å². The van der Waals surface area contributed by atoms with Gasteiger partial charge in [0.1, 0.15) is 12.6 Å². The summed E-state index contributed by atoms with van der Waals surface area (Å²) in [6, 6.07) is 19.4. The molecule has 3 aromatic rings. The number of hydrogen-bond acceptors (Lipinski definition) is 4. The summed E-state index contributed by atoms with van der Waals surface area (Å²) in [5.74, 6) is -0.502. The average molecular weight is 575 g/mol. The molecule has 1 N–H and O–H groups in total. The predicted octanol–water partition coefficient (Wildman–Crippen LogP) is 4.56. The molecule has 0 fully saturated rings. The molecule has 0 aliphatic carbocycles. The number of nitrogens with one attached hydrogen (secondary N) is 1. The van der Waals surface area contributed by atoms with Crippen LogP contribution in [0.2, 0.25) is 0 Å². The van der Waals surface area contributed by atoms with Crippen molar-refractivity contribution in [3.63, 3.8) is 0 Å². The molecule has 0 aliphatic heterocycles. The van der Waals surface area contributed by atoms with Gasteiger partial charge in [-0.1, -0.05) is 78.3 Å². The number of halogens is 1. The van der Waals surface area contributed by atoms with Crippen LogP contribution < -0.4 is 9.62 Å². The Kier molecular flexibility index (Phi) is 9.13. The van der Waals surface area contributed by atoms with Gasteiger partial charge in [-0.25, -0.2) is 8.42 Å². The lowest BCUT2D eigenvalue weighted by Gasteiger charge is -2.32. The van der Waals surface area contributed by atoms with E-state index in [4.69, 9.17) is 0 Å². The summed E-state index contributed by atoms with van der Waals surface area (Å²) in [6.07, 6.45) is 1.08. The number of fused-ring (bicyclic) bond motifs is 1. The molecule has 0 heterocycles. The molecule has 192 valence electrons. The Bertz CT molecular complexity index is 1320. The normalized spacial score (nSPS) is 12.4. The third kappa shape index (κ3) is 7.07. The van der Waals surface area contributed by atoms with Crippen LogP contribution in [0.5, 0.6) is 0 Å². The molecule has 0 unspecified atom stereocenters. The van der Waals surface area contributed by atoms with Crippen LogP contribution in [0.25, 0.3) is 10.8 Å². The summed E-state index contributed by atoms with van der Waals surface area (Å²) >= 11 is 3.41. The van der Waals surface area contributed by atoms with E-state index in [1.165, 1.54) is 4.90 Å². The Morgan fingerprint density at radius 3 is 2.22 bits per heavy atom. The molecule has 1 atom stereocenters. The SMILES string of the molecule is CC(C)CNC(=O)[C@@H](C)N(Cc1ccc(Br)cc1)C(=O)CN(c1cccc2ccccc12)S(C)(=O)=O. The van der Waals surface area contributed by atoms with E-state index in [-0.39, 0.29) is 18.4 Å². The lowest BCUT2D eigenvalue weighted by Crippen LogP contribution is -2.51. The molecule has 0 saturated heterocycles. The van der Waals surface area contributed by atoms with Crippen molar-refractivity contribution >= 4 is 54.2 Å². The van der Waals surface area contributed by atoms with E-state index < -0.39 is 28.5 Å². The summed E-state index contributed by atoms with van der Waals surface area (Å²) in [4.78, 5) is 28.0. The van der Waals surface area contributed by atoms with Gasteiger partial charge in [-0.2, -0.15) is 0 Å². The second kappa shape index (κ2) is 11.9. The molecule has 0 aliphatic rings. The van der Waals surface area contributed by atoms with Crippen molar-refractivity contribution in [2.45, 2.75) is 33.4 Å². The van der Waals surface area contributed by atoms with Crippen LogP contribution in [0.4, 0.5) is 5.69 Å². The molecular formula is C27H32BrN3O4S. The molecule has 3 rings (SSSR count). The minimum absolute atomic E-state index is 0.162. The van der Waals surface area contributed by atoms with Crippen LogP contribution >= 0.6 is 15.9 Å². The van der Waals surface area contributed by atoms with Crippen molar-refractivity contribution in [1.82, 2.24) is 10.2 Å². The first-order valence-corrected chi connectivity index (χ1v) is 14.4. The van der Waals surface area contributed by atoms with Crippen LogP contribution in [0, 0.1) is 5.92 Å². The Morgan fingerprint density at radius 1 is 0.944 bits per heavy atom. The van der Waals surface area contributed by atoms with Gasteiger partial charge in [0, 0.05) is 22.9 Å². The van der Waals surface area contributed by atoms with E-state index in [9.17, 15) is 18.0 Å². The maximum atomic E-state index is 13.7. The number of nitrogens with zero attached hydrogens (tertiary/aromatic N) is 2. The van der Waals surface area contributed by atoms with Gasteiger partial charge in [0.25, 0.3) is 0 Å². The van der Waals surface area contributed by atoms with E-state index in [1.807, 2.05) is 68.4 Å². The van der Waals surface area contributed by atoms with E-state index in [0.29, 0.717) is 12.2 Å². The van der Waals surface area contributed by atoms with E-state index >= 15 is 0 Å². The minimum Gasteiger partial charge on any atom is -0.354 e. The quantitative estimate of drug-likeness (QED) is 0.385. The first-order valence-electron chi connectivity index (χ1n) is 11.7. The van der Waals surface area contributed by atoms with Crippen LogP contribution in [-0.2, 0) is 26.2 Å². The number of sulfonamides is 1. The predicted molar refractivity (Wildman–Crippen MR) is 148 cm³/mol. The first kappa shape index (κ1) is 27.7. The Hall–Kier alpha value is -2.91. The number of benzene rings is 3. The summed E-state index contributed by atoms with van der Waals surface area (Å²) in [5, 5.41) is 4.47. The molecule has 7 nitrogen and oxygen atoms in total. The molecule has 9 heteroatoms. The minimum atomic E-state index is -3.80. The standard InChI is InChI=1S/C27H32BrN3O4S/c1-19(2)16-29-27(33)20(3)30(17-21-12-14-23(28)15-13-21)26(32)18-31(36(4,34)35)25-11-7-9-22-8-5-6-10-24(22)25/h5-15,19-20H,16-18H2,1-4H3,(H,29,33)/t20-/m1/s1. The van der Waals surface area contributed by atoms with Crippen LogP contribution in [0.1, 0.15) is 26.3 Å². The third-order valence-corrected chi connectivity index (χ3v) is 7.49. The topological polar surface area (TPSA) is 86.8 Å². The number of carbonyl (C=O) groups excluding carboxylic acids is 2. The summed E-state index contributed by atoms with van der Waals surface area (Å²) < 4.78 is 27.8. The zero-order valence-corrected chi connectivity index (χ0v) is 23.3. The van der Waals surface area contributed by atoms with Gasteiger partial charge in [0.05, 0.1) is 11.9 Å². The van der Waals surface area contributed by atoms with Gasteiger partial charge in [-0.15, -0.1) is 0 Å². The highest BCUT2D eigenvalue weighted by molar-refractivity contribution is 9.10. The highest BCUT2D eigenvalue weighted by atomic mass is 79.9. The number of amides is 2. The number of carbonyl (C=O) groups is 2. The first-order chi connectivity index (χ1) is 17.0. The van der Waals surface area contributed by atoms with Crippen LogP contribution in [-0.4, -0.2) is 50.5 Å². The number of hydrogen-bond donors (Lipinski definition) is 1. The van der Waals surface area contributed by atoms with Gasteiger partial charge in [0.15, 0.2) is 0 Å². The second-order valence-corrected chi connectivity index (χ2v) is 12.1. The molecular weight excluding hydrogens is 542 g/mol. The maximum absolute atomic E-state index is 13.7. The summed E-state index contributed by atoms with van der Waals surface area (Å²) in [6.45, 7) is 5.86. The molecule has 2 amide bonds. The molecule has 0 bridgehead atoms. The Morgan fingerprint density at radius 2 is 1.58 bits per heavy atom. The van der Waals surface area contributed by atoms with E-state index in [2.05, 4.69) is 21.2 Å². The van der Waals surface area contributed by atoms with Crippen molar-refractivity contribution in [1.29, 1.82) is 0 Å². The summed E-state index contributed by atoms with van der Waals surface area (Å²) in [5.41, 5.74) is 1.25. The lowest BCUT2D eigenvalue weighted by molar-refractivity contribution is -0.139.